The van der Waals surface area contributed by atoms with Crippen molar-refractivity contribution < 1.29 is 14.3 Å². The van der Waals surface area contributed by atoms with E-state index in [1.807, 2.05) is 31.3 Å². The van der Waals surface area contributed by atoms with Crippen molar-refractivity contribution >= 4 is 17.5 Å². The Morgan fingerprint density at radius 1 is 1.43 bits per heavy atom. The second-order valence-corrected chi connectivity index (χ2v) is 5.76. The summed E-state index contributed by atoms with van der Waals surface area (Å²) in [6.07, 6.45) is 0.244. The van der Waals surface area contributed by atoms with E-state index in [1.54, 1.807) is 12.0 Å². The van der Waals surface area contributed by atoms with E-state index in [2.05, 4.69) is 17.1 Å². The van der Waals surface area contributed by atoms with Gasteiger partial charge in [-0.2, -0.15) is 0 Å². The zero-order valence-corrected chi connectivity index (χ0v) is 14.0. The molecule has 1 atom stereocenters. The van der Waals surface area contributed by atoms with E-state index in [0.717, 1.165) is 18.8 Å². The third-order valence-electron chi connectivity index (χ3n) is 4.20. The number of methoxy groups -OCH3 is 1. The first-order valence-corrected chi connectivity index (χ1v) is 7.96. The van der Waals surface area contributed by atoms with E-state index >= 15 is 0 Å². The third kappa shape index (κ3) is 4.22. The predicted molar refractivity (Wildman–Crippen MR) is 89.6 cm³/mol. The first kappa shape index (κ1) is 17.3. The van der Waals surface area contributed by atoms with Crippen molar-refractivity contribution in [3.63, 3.8) is 0 Å². The molecule has 126 valence electrons. The van der Waals surface area contributed by atoms with E-state index in [4.69, 9.17) is 4.74 Å². The Kier molecular flexibility index (Phi) is 5.98. The van der Waals surface area contributed by atoms with Crippen LogP contribution in [-0.2, 0) is 9.59 Å². The molecule has 2 rings (SSSR count). The fourth-order valence-corrected chi connectivity index (χ4v) is 2.64. The number of anilines is 1. The smallest absolute Gasteiger partial charge is 0.227 e. The van der Waals surface area contributed by atoms with Crippen LogP contribution >= 0.6 is 0 Å². The highest BCUT2D eigenvalue weighted by Gasteiger charge is 2.36. The summed E-state index contributed by atoms with van der Waals surface area (Å²) in [5.74, 6) is 0.242. The summed E-state index contributed by atoms with van der Waals surface area (Å²) in [4.78, 5) is 28.3. The monoisotopic (exact) mass is 319 g/mol. The van der Waals surface area contributed by atoms with Crippen LogP contribution in [0.15, 0.2) is 24.3 Å². The van der Waals surface area contributed by atoms with Gasteiger partial charge in [-0.3, -0.25) is 9.59 Å². The van der Waals surface area contributed by atoms with Crippen LogP contribution in [0.5, 0.6) is 5.75 Å². The van der Waals surface area contributed by atoms with Crippen molar-refractivity contribution in [2.75, 3.05) is 45.2 Å². The van der Waals surface area contributed by atoms with Gasteiger partial charge in [0.05, 0.1) is 18.7 Å². The van der Waals surface area contributed by atoms with Gasteiger partial charge < -0.3 is 19.9 Å². The lowest BCUT2D eigenvalue weighted by Crippen LogP contribution is -2.37. The summed E-state index contributed by atoms with van der Waals surface area (Å²) in [7, 11) is 3.59. The summed E-state index contributed by atoms with van der Waals surface area (Å²) in [5, 5.41) is 2.92. The molecule has 2 amide bonds. The number of amides is 2. The summed E-state index contributed by atoms with van der Waals surface area (Å²) in [6.45, 7) is 4.82. The molecule has 1 heterocycles. The van der Waals surface area contributed by atoms with Crippen molar-refractivity contribution in [1.82, 2.24) is 10.2 Å². The number of nitrogens with one attached hydrogen (secondary N) is 1. The van der Waals surface area contributed by atoms with Gasteiger partial charge in [-0.15, -0.1) is 0 Å². The van der Waals surface area contributed by atoms with E-state index in [0.29, 0.717) is 18.8 Å². The average molecular weight is 319 g/mol. The molecule has 1 saturated heterocycles. The summed E-state index contributed by atoms with van der Waals surface area (Å²) >= 11 is 0. The quantitative estimate of drug-likeness (QED) is 0.818. The molecule has 1 aromatic rings. The van der Waals surface area contributed by atoms with Gasteiger partial charge in [0.25, 0.3) is 0 Å². The first-order valence-electron chi connectivity index (χ1n) is 7.96. The topological polar surface area (TPSA) is 61.9 Å². The molecular weight excluding hydrogens is 294 g/mol. The second-order valence-electron chi connectivity index (χ2n) is 5.76. The fraction of sp³-hybridized carbons (Fsp3) is 0.529. The van der Waals surface area contributed by atoms with Crippen LogP contribution in [0, 0.1) is 5.92 Å². The Bertz CT molecular complexity index is 562. The molecule has 0 aromatic heterocycles. The van der Waals surface area contributed by atoms with Crippen LogP contribution < -0.4 is 15.0 Å². The number of hydrogen-bond acceptors (Lipinski definition) is 4. The summed E-state index contributed by atoms with van der Waals surface area (Å²) in [5.41, 5.74) is 0.723. The lowest BCUT2D eigenvalue weighted by Gasteiger charge is -2.19. The number of rotatable bonds is 7. The normalized spacial score (nSPS) is 17.7. The molecule has 0 aliphatic carbocycles. The number of ether oxygens (including phenoxy) is 1. The van der Waals surface area contributed by atoms with Crippen molar-refractivity contribution in [1.29, 1.82) is 0 Å². The van der Waals surface area contributed by atoms with Crippen LogP contribution in [0.25, 0.3) is 0 Å². The molecule has 0 spiro atoms. The maximum Gasteiger partial charge on any atom is 0.227 e. The fourth-order valence-electron chi connectivity index (χ4n) is 2.64. The van der Waals surface area contributed by atoms with Crippen molar-refractivity contribution in [2.45, 2.75) is 13.3 Å². The van der Waals surface area contributed by atoms with Gasteiger partial charge in [0.1, 0.15) is 5.75 Å². The van der Waals surface area contributed by atoms with Gasteiger partial charge in [-0.05, 0) is 25.7 Å². The molecule has 0 bridgehead atoms. The molecule has 6 heteroatoms. The Morgan fingerprint density at radius 2 is 2.17 bits per heavy atom. The van der Waals surface area contributed by atoms with Crippen molar-refractivity contribution in [3.05, 3.63) is 24.3 Å². The first-order chi connectivity index (χ1) is 11.1. The molecule has 1 aromatic carbocycles. The summed E-state index contributed by atoms with van der Waals surface area (Å²) in [6, 6.07) is 7.38. The minimum Gasteiger partial charge on any atom is -0.495 e. The number of likely N-dealkylation sites (N-methyl/N-ethyl adjacent to an activating group) is 1. The van der Waals surface area contributed by atoms with Gasteiger partial charge in [0.2, 0.25) is 11.8 Å². The molecule has 1 aliphatic heterocycles. The lowest BCUT2D eigenvalue weighted by molar-refractivity contribution is -0.126. The Hall–Kier alpha value is -2.08. The zero-order chi connectivity index (χ0) is 16.8. The number of hydrogen-bond donors (Lipinski definition) is 1. The predicted octanol–water partition coefficient (Wildman–Crippen LogP) is 1.12. The molecule has 1 N–H and O–H groups in total. The molecule has 0 saturated carbocycles. The standard InChI is InChI=1S/C17H25N3O3/c1-4-19(2)10-9-18-17(22)13-11-16(21)20(12-13)14-7-5-6-8-15(14)23-3/h5-8,13H,4,9-12H2,1-3H3,(H,18,22)/t13-/m1/s1. The van der Waals surface area contributed by atoms with Crippen LogP contribution in [0.1, 0.15) is 13.3 Å². The molecule has 0 unspecified atom stereocenters. The minimum absolute atomic E-state index is 0.0414. The highest BCUT2D eigenvalue weighted by molar-refractivity contribution is 6.01. The Labute approximate surface area is 137 Å². The number of para-hydroxylation sites is 2. The average Bonchev–Trinajstić information content (AvgIpc) is 2.96. The van der Waals surface area contributed by atoms with E-state index in [1.165, 1.54) is 0 Å². The van der Waals surface area contributed by atoms with Gasteiger partial charge in [0, 0.05) is 26.1 Å². The van der Waals surface area contributed by atoms with E-state index in [-0.39, 0.29) is 24.2 Å². The van der Waals surface area contributed by atoms with E-state index in [9.17, 15) is 9.59 Å². The maximum atomic E-state index is 12.3. The van der Waals surface area contributed by atoms with Crippen LogP contribution in [0.2, 0.25) is 0 Å². The second kappa shape index (κ2) is 7.97. The zero-order valence-electron chi connectivity index (χ0n) is 14.0. The number of carbonyl (C=O) groups excluding carboxylic acids is 2. The van der Waals surface area contributed by atoms with E-state index < -0.39 is 0 Å². The minimum atomic E-state index is -0.306. The van der Waals surface area contributed by atoms with Crippen LogP contribution in [0.3, 0.4) is 0 Å². The summed E-state index contributed by atoms with van der Waals surface area (Å²) < 4.78 is 5.31. The van der Waals surface area contributed by atoms with Crippen LogP contribution in [-0.4, -0.2) is 57.1 Å². The van der Waals surface area contributed by atoms with Crippen molar-refractivity contribution in [2.24, 2.45) is 5.92 Å². The molecule has 1 aliphatic rings. The van der Waals surface area contributed by atoms with Crippen LogP contribution in [0.4, 0.5) is 5.69 Å². The SMILES string of the molecule is CCN(C)CCNC(=O)[C@@H]1CC(=O)N(c2ccccc2OC)C1. The Balaban J connectivity index is 1.95. The number of carbonyl (C=O) groups is 2. The molecule has 0 radical (unpaired) electrons. The molecule has 6 nitrogen and oxygen atoms in total. The van der Waals surface area contributed by atoms with Gasteiger partial charge in [-0.25, -0.2) is 0 Å². The molecule has 23 heavy (non-hydrogen) atoms. The molecule has 1 fully saturated rings. The number of benzene rings is 1. The largest absolute Gasteiger partial charge is 0.495 e. The molecular formula is C17H25N3O3. The lowest BCUT2D eigenvalue weighted by atomic mass is 10.1. The highest BCUT2D eigenvalue weighted by Crippen LogP contribution is 2.32. The van der Waals surface area contributed by atoms with Crippen molar-refractivity contribution in [3.8, 4) is 5.75 Å². The van der Waals surface area contributed by atoms with Gasteiger partial charge >= 0.3 is 0 Å². The number of nitrogens with zero attached hydrogens (tertiary/aromatic N) is 2. The third-order valence-corrected chi connectivity index (χ3v) is 4.20. The highest BCUT2D eigenvalue weighted by atomic mass is 16.5. The Morgan fingerprint density at radius 3 is 2.87 bits per heavy atom. The van der Waals surface area contributed by atoms with Gasteiger partial charge in [-0.1, -0.05) is 19.1 Å². The maximum absolute atomic E-state index is 12.3. The van der Waals surface area contributed by atoms with Gasteiger partial charge in [0.15, 0.2) is 0 Å².